The van der Waals surface area contributed by atoms with Gasteiger partial charge in [-0.2, -0.15) is 60.7 Å². The van der Waals surface area contributed by atoms with E-state index in [0.717, 1.165) is 13.1 Å². The Morgan fingerprint density at radius 1 is 0.750 bits per heavy atom. The summed E-state index contributed by atoms with van der Waals surface area (Å²) >= 11 is 4.44. The van der Waals surface area contributed by atoms with E-state index >= 15 is 0 Å². The first-order chi connectivity index (χ1) is 11.6. The monoisotopic (exact) mass is 550 g/mol. The standard InChI is InChI=1S/2C9H12N.2ClH.2Pd/c2*1-10(2)8-9-6-4-3-5-7-9;;;;/h2*3-4,6-7H,8H2,1-2H3;2*1H;;/q2*-1;;;2*+2/p-2. The summed E-state index contributed by atoms with van der Waals surface area (Å²) in [5, 5.41) is 0. The van der Waals surface area contributed by atoms with Crippen LogP contribution in [0.2, 0.25) is 0 Å². The second-order valence-electron chi connectivity index (χ2n) is 5.30. The van der Waals surface area contributed by atoms with Crippen LogP contribution >= 0.6 is 19.1 Å². The van der Waals surface area contributed by atoms with Crippen molar-refractivity contribution in [1.29, 1.82) is 0 Å². The number of nitrogens with zero attached hydrogens (tertiary/aromatic N) is 2. The second-order valence-corrected chi connectivity index (χ2v) is 5.30. The predicted octanol–water partition coefficient (Wildman–Crippen LogP) is 4.47. The third-order valence-electron chi connectivity index (χ3n) is 2.54. The van der Waals surface area contributed by atoms with Gasteiger partial charge in [0.25, 0.3) is 0 Å². The van der Waals surface area contributed by atoms with Gasteiger partial charge in [0, 0.05) is 0 Å². The van der Waals surface area contributed by atoms with Gasteiger partial charge in [-0.15, -0.1) is 11.1 Å². The van der Waals surface area contributed by atoms with Gasteiger partial charge in [0.2, 0.25) is 0 Å². The molecule has 0 aliphatic rings. The Bertz CT molecular complexity index is 423. The summed E-state index contributed by atoms with van der Waals surface area (Å²) in [6.45, 7) is 1.99. The van der Waals surface area contributed by atoms with Crippen molar-refractivity contribution in [2.24, 2.45) is 0 Å². The molecule has 2 aromatic rings. The van der Waals surface area contributed by atoms with Gasteiger partial charge in [-0.1, -0.05) is 0 Å². The first kappa shape index (κ1) is 26.5. The number of rotatable bonds is 4. The molecule has 0 aliphatic carbocycles. The zero-order chi connectivity index (χ0) is 18.8. The van der Waals surface area contributed by atoms with Crippen molar-refractivity contribution in [3.05, 3.63) is 71.8 Å². The van der Waals surface area contributed by atoms with Crippen molar-refractivity contribution in [3.8, 4) is 0 Å². The fourth-order valence-corrected chi connectivity index (χ4v) is 1.79. The molecule has 0 bridgehead atoms. The number of halogens is 2. The topological polar surface area (TPSA) is 6.48 Å². The van der Waals surface area contributed by atoms with Crippen LogP contribution in [0.15, 0.2) is 48.5 Å². The molecule has 0 radical (unpaired) electrons. The van der Waals surface area contributed by atoms with E-state index in [2.05, 4.69) is 118 Å². The Morgan fingerprint density at radius 3 is 1.29 bits per heavy atom. The van der Waals surface area contributed by atoms with E-state index in [-0.39, 0.29) is 0 Å². The molecular formula is C18H24Cl2N2Pd2. The summed E-state index contributed by atoms with van der Waals surface area (Å²) in [6, 6.07) is 22.2. The van der Waals surface area contributed by atoms with E-state index in [1.165, 1.54) is 11.1 Å². The van der Waals surface area contributed by atoms with Crippen LogP contribution in [0, 0.1) is 12.1 Å². The summed E-state index contributed by atoms with van der Waals surface area (Å²) in [6.07, 6.45) is 0. The van der Waals surface area contributed by atoms with Gasteiger partial charge < -0.3 is 9.80 Å². The molecule has 0 N–H and O–H groups in total. The molecule has 0 spiro atoms. The van der Waals surface area contributed by atoms with Crippen LogP contribution in [0.25, 0.3) is 0 Å². The predicted molar refractivity (Wildman–Crippen MR) is 97.0 cm³/mol. The Morgan fingerprint density at radius 2 is 1.08 bits per heavy atom. The molecule has 0 aliphatic heterocycles. The van der Waals surface area contributed by atoms with E-state index in [4.69, 9.17) is 0 Å². The van der Waals surface area contributed by atoms with Crippen LogP contribution in [0.4, 0.5) is 0 Å². The summed E-state index contributed by atoms with van der Waals surface area (Å²) in [4.78, 5) is 4.28. The van der Waals surface area contributed by atoms with E-state index < -0.39 is 0 Å². The third kappa shape index (κ3) is 17.1. The van der Waals surface area contributed by atoms with Crippen molar-refractivity contribution in [3.63, 3.8) is 0 Å². The number of hydrogen-bond donors (Lipinski definition) is 0. The summed E-state index contributed by atoms with van der Waals surface area (Å²) in [5.74, 6) is 0. The molecule has 140 valence electrons. The third-order valence-corrected chi connectivity index (χ3v) is 2.54. The maximum absolute atomic E-state index is 4.49. The molecule has 2 rings (SSSR count). The summed E-state index contributed by atoms with van der Waals surface area (Å²) < 4.78 is 0. The maximum atomic E-state index is 4.49. The van der Waals surface area contributed by atoms with E-state index in [1.807, 2.05) is 36.4 Å². The first-order valence-electron chi connectivity index (χ1n) is 7.01. The molecule has 0 saturated carbocycles. The minimum absolute atomic E-state index is 0.997. The van der Waals surface area contributed by atoms with Crippen molar-refractivity contribution in [1.82, 2.24) is 9.80 Å². The molecule has 2 aromatic carbocycles. The zero-order valence-electron chi connectivity index (χ0n) is 14.3. The average Bonchev–Trinajstić information content (AvgIpc) is 2.60. The van der Waals surface area contributed by atoms with Crippen LogP contribution in [-0.4, -0.2) is 38.0 Å². The molecule has 0 aromatic heterocycles. The van der Waals surface area contributed by atoms with Crippen molar-refractivity contribution >= 4 is 19.1 Å². The van der Waals surface area contributed by atoms with Gasteiger partial charge >= 0.3 is 55.4 Å². The molecule has 2 nitrogen and oxygen atoms in total. The Labute approximate surface area is 177 Å². The van der Waals surface area contributed by atoms with Crippen molar-refractivity contribution in [2.75, 3.05) is 28.2 Å². The normalized spacial score (nSPS) is 9.17. The number of benzene rings is 2. The molecule has 24 heavy (non-hydrogen) atoms. The zero-order valence-corrected chi connectivity index (χ0v) is 18.9. The second kappa shape index (κ2) is 19.6. The average molecular weight is 552 g/mol. The fraction of sp³-hybridized carbons (Fsp3) is 0.333. The van der Waals surface area contributed by atoms with Crippen molar-refractivity contribution < 1.29 is 36.4 Å². The molecule has 6 heteroatoms. The summed E-state index contributed by atoms with van der Waals surface area (Å²) in [5.41, 5.74) is 2.63. The molecule has 0 amide bonds. The SMILES string of the molecule is CN(C)Cc1c[c-]ccc1.CN(C)Cc1c[c-]ccc1.[Cl][Pd+].[Cl][Pd+]. The van der Waals surface area contributed by atoms with Crippen LogP contribution in [0.5, 0.6) is 0 Å². The van der Waals surface area contributed by atoms with Crippen LogP contribution in [0.3, 0.4) is 0 Å². The van der Waals surface area contributed by atoms with Crippen molar-refractivity contribution in [2.45, 2.75) is 13.1 Å². The molecule has 0 fully saturated rings. The fourth-order valence-electron chi connectivity index (χ4n) is 1.79. The molecule has 0 atom stereocenters. The molecule has 0 heterocycles. The molecule has 0 unspecified atom stereocenters. The van der Waals surface area contributed by atoms with E-state index in [0.29, 0.717) is 0 Å². The first-order valence-corrected chi connectivity index (χ1v) is 11.0. The van der Waals surface area contributed by atoms with E-state index in [9.17, 15) is 0 Å². The Balaban J connectivity index is 0. The van der Waals surface area contributed by atoms with Gasteiger partial charge in [0.05, 0.1) is 0 Å². The summed E-state index contributed by atoms with van der Waals surface area (Å²) in [7, 11) is 17.2. The van der Waals surface area contributed by atoms with Crippen LogP contribution < -0.4 is 0 Å². The van der Waals surface area contributed by atoms with Gasteiger partial charge in [0.1, 0.15) is 0 Å². The van der Waals surface area contributed by atoms with Gasteiger partial charge in [-0.25, -0.2) is 0 Å². The molecule has 0 saturated heterocycles. The van der Waals surface area contributed by atoms with Gasteiger partial charge in [-0.05, 0) is 41.3 Å². The minimum atomic E-state index is 0.997. The Hall–Kier alpha value is 0.265. The van der Waals surface area contributed by atoms with Crippen LogP contribution in [-0.2, 0) is 49.5 Å². The Kier molecular flexibility index (Phi) is 21.6. The van der Waals surface area contributed by atoms with Crippen LogP contribution in [0.1, 0.15) is 11.1 Å². The van der Waals surface area contributed by atoms with Gasteiger partial charge in [-0.3, -0.25) is 0 Å². The number of hydrogen-bond acceptors (Lipinski definition) is 2. The molecular weight excluding hydrogens is 528 g/mol. The van der Waals surface area contributed by atoms with E-state index in [1.54, 1.807) is 0 Å². The van der Waals surface area contributed by atoms with Gasteiger partial charge in [0.15, 0.2) is 0 Å². The quantitative estimate of drug-likeness (QED) is 0.409.